The van der Waals surface area contributed by atoms with Gasteiger partial charge in [-0.1, -0.05) is 0 Å². The molecule has 0 saturated heterocycles. The molecular formula is C16H17F3N6O. The number of methoxy groups -OCH3 is 1. The minimum absolute atomic E-state index is 0.0190. The Kier molecular flexibility index (Phi) is 4.58. The molecule has 1 aliphatic rings. The first kappa shape index (κ1) is 17.8. The lowest BCUT2D eigenvalue weighted by Gasteiger charge is -2.21. The third-order valence-electron chi connectivity index (χ3n) is 3.83. The van der Waals surface area contributed by atoms with Crippen LogP contribution >= 0.6 is 0 Å². The van der Waals surface area contributed by atoms with Crippen LogP contribution in [0.2, 0.25) is 0 Å². The molecule has 0 amide bonds. The molecule has 1 aromatic carbocycles. The number of nitrogens with zero attached hydrogens (tertiary/aromatic N) is 4. The van der Waals surface area contributed by atoms with Crippen LogP contribution in [0.1, 0.15) is 16.7 Å². The fraction of sp³-hybridized carbons (Fsp3) is 0.312. The number of nitrogens with one attached hydrogen (secondary N) is 2. The third kappa shape index (κ3) is 3.48. The van der Waals surface area contributed by atoms with Gasteiger partial charge in [0.1, 0.15) is 17.1 Å². The molecule has 2 heterocycles. The van der Waals surface area contributed by atoms with Gasteiger partial charge in [0.25, 0.3) is 0 Å². The van der Waals surface area contributed by atoms with E-state index >= 15 is 0 Å². The molecule has 7 nitrogen and oxygen atoms in total. The van der Waals surface area contributed by atoms with Gasteiger partial charge in [0.2, 0.25) is 5.95 Å². The van der Waals surface area contributed by atoms with Crippen molar-refractivity contribution in [3.63, 3.8) is 0 Å². The van der Waals surface area contributed by atoms with Crippen molar-refractivity contribution in [2.24, 2.45) is 5.10 Å². The van der Waals surface area contributed by atoms with Crippen LogP contribution in [0, 0.1) is 0 Å². The lowest BCUT2D eigenvalue weighted by atomic mass is 10.1. The van der Waals surface area contributed by atoms with E-state index in [1.165, 1.54) is 14.2 Å². The van der Waals surface area contributed by atoms with Crippen LogP contribution in [-0.4, -0.2) is 42.4 Å². The van der Waals surface area contributed by atoms with Gasteiger partial charge in [0, 0.05) is 25.9 Å². The van der Waals surface area contributed by atoms with E-state index in [-0.39, 0.29) is 11.8 Å². The number of fused-ring (bicyclic) bond motifs is 1. The molecule has 0 fully saturated rings. The van der Waals surface area contributed by atoms with E-state index in [1.807, 2.05) is 13.1 Å². The molecule has 138 valence electrons. The fourth-order valence-electron chi connectivity index (χ4n) is 2.57. The van der Waals surface area contributed by atoms with Gasteiger partial charge < -0.3 is 15.4 Å². The number of alkyl halides is 3. The number of ether oxygens (including phenoxy) is 1. The summed E-state index contributed by atoms with van der Waals surface area (Å²) in [6, 6.07) is 3.65. The molecule has 1 aliphatic heterocycles. The summed E-state index contributed by atoms with van der Waals surface area (Å²) in [5.41, 5.74) is 1.50. The number of halogens is 3. The van der Waals surface area contributed by atoms with Crippen molar-refractivity contribution in [1.82, 2.24) is 15.0 Å². The molecule has 0 unspecified atom stereocenters. The standard InChI is InChI=1S/C16H17F3N6O/c1-20-14-11(16(17,18)19)7-21-15(24-14)23-12-4-9-6-22-25(2)8-10(9)5-13(12)26-3/h4-7H,8H2,1-3H3,(H2,20,21,23,24). The largest absolute Gasteiger partial charge is 0.495 e. The average Bonchev–Trinajstić information content (AvgIpc) is 2.60. The normalized spacial score (nSPS) is 13.4. The SMILES string of the molecule is CNc1nc(Nc2cc3c(cc2OC)CN(C)N=C3)ncc1C(F)(F)F. The second-order valence-corrected chi connectivity index (χ2v) is 5.64. The molecule has 0 radical (unpaired) electrons. The molecule has 0 saturated carbocycles. The molecule has 1 aromatic heterocycles. The van der Waals surface area contributed by atoms with Crippen LogP contribution in [-0.2, 0) is 12.7 Å². The summed E-state index contributed by atoms with van der Waals surface area (Å²) in [4.78, 5) is 7.67. The Balaban J connectivity index is 1.96. The Morgan fingerprint density at radius 1 is 1.27 bits per heavy atom. The molecule has 0 aliphatic carbocycles. The maximum Gasteiger partial charge on any atom is 0.421 e. The summed E-state index contributed by atoms with van der Waals surface area (Å²) in [6.45, 7) is 0.628. The van der Waals surface area contributed by atoms with Gasteiger partial charge in [-0.2, -0.15) is 23.3 Å². The topological polar surface area (TPSA) is 74.7 Å². The highest BCUT2D eigenvalue weighted by atomic mass is 19.4. The van der Waals surface area contributed by atoms with Crippen LogP contribution in [0.3, 0.4) is 0 Å². The van der Waals surface area contributed by atoms with Crippen LogP contribution in [0.15, 0.2) is 23.4 Å². The first-order chi connectivity index (χ1) is 12.3. The summed E-state index contributed by atoms with van der Waals surface area (Å²) in [5.74, 6) is 0.238. The number of hydrogen-bond donors (Lipinski definition) is 2. The molecule has 2 aromatic rings. The van der Waals surface area contributed by atoms with E-state index in [0.29, 0.717) is 18.0 Å². The van der Waals surface area contributed by atoms with Crippen molar-refractivity contribution in [3.8, 4) is 5.75 Å². The molecule has 10 heteroatoms. The van der Waals surface area contributed by atoms with Crippen LogP contribution in [0.5, 0.6) is 5.75 Å². The van der Waals surface area contributed by atoms with Crippen LogP contribution < -0.4 is 15.4 Å². The molecule has 2 N–H and O–H groups in total. The lowest BCUT2D eigenvalue weighted by Crippen LogP contribution is -2.17. The zero-order valence-electron chi connectivity index (χ0n) is 14.3. The van der Waals surface area contributed by atoms with Crippen molar-refractivity contribution in [2.75, 3.05) is 31.8 Å². The number of rotatable bonds is 4. The molecule has 0 bridgehead atoms. The number of hydrogen-bond acceptors (Lipinski definition) is 7. The maximum absolute atomic E-state index is 13.0. The molecule has 3 rings (SSSR count). The smallest absolute Gasteiger partial charge is 0.421 e. The lowest BCUT2D eigenvalue weighted by molar-refractivity contribution is -0.137. The summed E-state index contributed by atoms with van der Waals surface area (Å²) < 4.78 is 44.2. The zero-order chi connectivity index (χ0) is 18.9. The first-order valence-electron chi connectivity index (χ1n) is 7.67. The number of anilines is 3. The van der Waals surface area contributed by atoms with Gasteiger partial charge in [0.15, 0.2) is 0 Å². The van der Waals surface area contributed by atoms with Crippen molar-refractivity contribution < 1.29 is 17.9 Å². The minimum atomic E-state index is -4.54. The predicted octanol–water partition coefficient (Wildman–Crippen LogP) is 3.07. The van der Waals surface area contributed by atoms with E-state index in [1.54, 1.807) is 17.3 Å². The Labute approximate surface area is 147 Å². The Bertz CT molecular complexity index is 853. The number of benzene rings is 1. The van der Waals surface area contributed by atoms with Gasteiger partial charge in [-0.25, -0.2) is 4.98 Å². The van der Waals surface area contributed by atoms with Crippen molar-refractivity contribution in [2.45, 2.75) is 12.7 Å². The molecule has 26 heavy (non-hydrogen) atoms. The van der Waals surface area contributed by atoms with E-state index in [2.05, 4.69) is 25.7 Å². The summed E-state index contributed by atoms with van der Waals surface area (Å²) in [5, 5.41) is 11.4. The highest BCUT2D eigenvalue weighted by molar-refractivity contribution is 5.86. The Morgan fingerprint density at radius 2 is 2.04 bits per heavy atom. The predicted molar refractivity (Wildman–Crippen MR) is 91.9 cm³/mol. The molecule has 0 spiro atoms. The van der Waals surface area contributed by atoms with Gasteiger partial charge >= 0.3 is 6.18 Å². The summed E-state index contributed by atoms with van der Waals surface area (Å²) in [7, 11) is 4.74. The van der Waals surface area contributed by atoms with E-state index in [4.69, 9.17) is 4.74 Å². The number of aromatic nitrogens is 2. The average molecular weight is 366 g/mol. The first-order valence-corrected chi connectivity index (χ1v) is 7.67. The fourth-order valence-corrected chi connectivity index (χ4v) is 2.57. The van der Waals surface area contributed by atoms with Gasteiger partial charge in [-0.15, -0.1) is 0 Å². The quantitative estimate of drug-likeness (QED) is 0.866. The second-order valence-electron chi connectivity index (χ2n) is 5.64. The summed E-state index contributed by atoms with van der Waals surface area (Å²) in [6.07, 6.45) is -2.10. The van der Waals surface area contributed by atoms with Gasteiger partial charge in [-0.3, -0.25) is 5.01 Å². The van der Waals surface area contributed by atoms with Gasteiger partial charge in [-0.05, 0) is 17.7 Å². The van der Waals surface area contributed by atoms with Crippen molar-refractivity contribution in [1.29, 1.82) is 0 Å². The molecular weight excluding hydrogens is 349 g/mol. The van der Waals surface area contributed by atoms with Gasteiger partial charge in [0.05, 0.1) is 25.6 Å². The highest BCUT2D eigenvalue weighted by Crippen LogP contribution is 2.35. The monoisotopic (exact) mass is 366 g/mol. The number of hydrazone groups is 1. The Hall–Kier alpha value is -3.04. The van der Waals surface area contributed by atoms with Crippen molar-refractivity contribution in [3.05, 3.63) is 35.0 Å². The highest BCUT2D eigenvalue weighted by Gasteiger charge is 2.35. The summed E-state index contributed by atoms with van der Waals surface area (Å²) >= 11 is 0. The van der Waals surface area contributed by atoms with Crippen molar-refractivity contribution >= 4 is 23.7 Å². The van der Waals surface area contributed by atoms with Crippen LogP contribution in [0.25, 0.3) is 0 Å². The zero-order valence-corrected chi connectivity index (χ0v) is 14.3. The molecule has 0 atom stereocenters. The Morgan fingerprint density at radius 3 is 2.69 bits per heavy atom. The van der Waals surface area contributed by atoms with E-state index in [9.17, 15) is 13.2 Å². The maximum atomic E-state index is 13.0. The second kappa shape index (κ2) is 6.70. The minimum Gasteiger partial charge on any atom is -0.495 e. The van der Waals surface area contributed by atoms with E-state index in [0.717, 1.165) is 17.3 Å². The third-order valence-corrected chi connectivity index (χ3v) is 3.83. The van der Waals surface area contributed by atoms with Crippen LogP contribution in [0.4, 0.5) is 30.6 Å². The van der Waals surface area contributed by atoms with E-state index < -0.39 is 11.7 Å².